The van der Waals surface area contributed by atoms with Gasteiger partial charge in [0, 0.05) is 24.2 Å². The van der Waals surface area contributed by atoms with Crippen LogP contribution in [-0.2, 0) is 11.3 Å². The lowest BCUT2D eigenvalue weighted by Gasteiger charge is -2.26. The zero-order valence-electron chi connectivity index (χ0n) is 19.0. The molecule has 0 radical (unpaired) electrons. The van der Waals surface area contributed by atoms with Gasteiger partial charge in [-0.3, -0.25) is 9.36 Å². The summed E-state index contributed by atoms with van der Waals surface area (Å²) in [5, 5.41) is 14.2. The minimum atomic E-state index is 0.192. The number of methoxy groups -OCH3 is 1. The Balaban J connectivity index is 1.35. The summed E-state index contributed by atoms with van der Waals surface area (Å²) >= 11 is 3.22. The van der Waals surface area contributed by atoms with Crippen molar-refractivity contribution in [1.82, 2.24) is 19.7 Å². The topological polar surface area (TPSA) is 60.3 Å². The number of thiophene rings is 1. The number of amides is 1. The molecule has 0 N–H and O–H groups in total. The van der Waals surface area contributed by atoms with E-state index < -0.39 is 0 Å². The van der Waals surface area contributed by atoms with Crippen LogP contribution in [0.5, 0.6) is 5.75 Å². The van der Waals surface area contributed by atoms with Crippen molar-refractivity contribution in [2.75, 3.05) is 12.9 Å². The van der Waals surface area contributed by atoms with Gasteiger partial charge in [0.25, 0.3) is 0 Å². The lowest BCUT2D eigenvalue weighted by Crippen LogP contribution is -2.33. The first-order valence-corrected chi connectivity index (χ1v) is 13.7. The van der Waals surface area contributed by atoms with E-state index in [1.165, 1.54) is 36.6 Å². The van der Waals surface area contributed by atoms with Crippen LogP contribution in [0.3, 0.4) is 0 Å². The van der Waals surface area contributed by atoms with Crippen LogP contribution in [0.15, 0.2) is 46.2 Å². The molecule has 0 atom stereocenters. The van der Waals surface area contributed by atoms with Crippen LogP contribution in [0.1, 0.15) is 56.6 Å². The number of carbonyl (C=O) groups is 1. The maximum Gasteiger partial charge on any atom is 0.233 e. The van der Waals surface area contributed by atoms with Crippen molar-refractivity contribution in [3.8, 4) is 17.1 Å². The molecule has 1 amide bonds. The number of aromatic nitrogens is 3. The maximum absolute atomic E-state index is 13.2. The van der Waals surface area contributed by atoms with E-state index in [4.69, 9.17) is 4.74 Å². The standard InChI is InChI=1S/C25H30N4O2S2/c1-31-22-11-7-19(8-12-22)24-26-27-25(29(24)21-5-3-2-4-6-21)33-17-23(30)28(20-9-10-20)15-18-13-14-32-16-18/h7-8,11-14,16,20-21H,2-6,9-10,15,17H2,1H3. The number of benzene rings is 1. The number of carbonyl (C=O) groups excluding carboxylic acids is 1. The third-order valence-corrected chi connectivity index (χ3v) is 8.18. The molecule has 2 aliphatic carbocycles. The van der Waals surface area contributed by atoms with Gasteiger partial charge in [0.1, 0.15) is 5.75 Å². The average molecular weight is 483 g/mol. The predicted octanol–water partition coefficient (Wildman–Crippen LogP) is 5.80. The predicted molar refractivity (Wildman–Crippen MR) is 133 cm³/mol. The summed E-state index contributed by atoms with van der Waals surface area (Å²) in [4.78, 5) is 15.3. The Bertz CT molecular complexity index is 1050. The second-order valence-corrected chi connectivity index (χ2v) is 10.6. The molecule has 0 saturated heterocycles. The summed E-state index contributed by atoms with van der Waals surface area (Å²) in [5.74, 6) is 2.30. The van der Waals surface area contributed by atoms with Crippen LogP contribution < -0.4 is 4.74 Å². The Labute approximate surface area is 203 Å². The molecule has 5 rings (SSSR count). The molecular weight excluding hydrogens is 452 g/mol. The zero-order valence-corrected chi connectivity index (χ0v) is 20.6. The molecule has 174 valence electrons. The van der Waals surface area contributed by atoms with Crippen LogP contribution in [0.25, 0.3) is 11.4 Å². The van der Waals surface area contributed by atoms with E-state index in [1.807, 2.05) is 24.3 Å². The van der Waals surface area contributed by atoms with E-state index >= 15 is 0 Å². The minimum Gasteiger partial charge on any atom is -0.497 e. The van der Waals surface area contributed by atoms with Crippen LogP contribution in [0.2, 0.25) is 0 Å². The van der Waals surface area contributed by atoms with E-state index in [2.05, 4.69) is 36.5 Å². The Morgan fingerprint density at radius 1 is 1.12 bits per heavy atom. The van der Waals surface area contributed by atoms with Gasteiger partial charge in [0.2, 0.25) is 5.91 Å². The third-order valence-electron chi connectivity index (χ3n) is 6.52. The quantitative estimate of drug-likeness (QED) is 0.361. The monoisotopic (exact) mass is 482 g/mol. The van der Waals surface area contributed by atoms with E-state index in [0.717, 1.165) is 48.0 Å². The van der Waals surface area contributed by atoms with E-state index in [0.29, 0.717) is 24.4 Å². The molecule has 6 nitrogen and oxygen atoms in total. The lowest BCUT2D eigenvalue weighted by atomic mass is 9.95. The summed E-state index contributed by atoms with van der Waals surface area (Å²) in [7, 11) is 1.68. The highest BCUT2D eigenvalue weighted by molar-refractivity contribution is 7.99. The molecule has 2 aromatic heterocycles. The highest BCUT2D eigenvalue weighted by atomic mass is 32.2. The largest absolute Gasteiger partial charge is 0.497 e. The van der Waals surface area contributed by atoms with Crippen LogP contribution in [0.4, 0.5) is 0 Å². The molecule has 2 heterocycles. The Morgan fingerprint density at radius 2 is 1.91 bits per heavy atom. The molecule has 2 saturated carbocycles. The summed E-state index contributed by atoms with van der Waals surface area (Å²) in [6.07, 6.45) is 8.23. The van der Waals surface area contributed by atoms with Gasteiger partial charge < -0.3 is 9.64 Å². The molecule has 0 bridgehead atoms. The summed E-state index contributed by atoms with van der Waals surface area (Å²) < 4.78 is 7.61. The second-order valence-electron chi connectivity index (χ2n) is 8.87. The van der Waals surface area contributed by atoms with Crippen molar-refractivity contribution in [2.45, 2.75) is 68.7 Å². The zero-order chi connectivity index (χ0) is 22.6. The number of ether oxygens (including phenoxy) is 1. The fourth-order valence-corrected chi connectivity index (χ4v) is 6.13. The Morgan fingerprint density at radius 3 is 2.58 bits per heavy atom. The fraction of sp³-hybridized carbons (Fsp3) is 0.480. The second kappa shape index (κ2) is 10.3. The van der Waals surface area contributed by atoms with Crippen LogP contribution >= 0.6 is 23.1 Å². The molecule has 33 heavy (non-hydrogen) atoms. The molecular formula is C25H30N4O2S2. The summed E-state index contributed by atoms with van der Waals surface area (Å²) in [6.45, 7) is 0.708. The summed E-state index contributed by atoms with van der Waals surface area (Å²) in [5.41, 5.74) is 2.25. The number of hydrogen-bond donors (Lipinski definition) is 0. The van der Waals surface area contributed by atoms with E-state index in [-0.39, 0.29) is 5.91 Å². The smallest absolute Gasteiger partial charge is 0.233 e. The fourth-order valence-electron chi connectivity index (χ4n) is 4.58. The first kappa shape index (κ1) is 22.5. The number of rotatable bonds is 9. The Kier molecular flexibility index (Phi) is 7.02. The number of hydrogen-bond acceptors (Lipinski definition) is 6. The van der Waals surface area contributed by atoms with Gasteiger partial charge in [0.15, 0.2) is 11.0 Å². The Hall–Kier alpha value is -2.32. The van der Waals surface area contributed by atoms with Gasteiger partial charge >= 0.3 is 0 Å². The van der Waals surface area contributed by atoms with Gasteiger partial charge in [-0.15, -0.1) is 10.2 Å². The highest BCUT2D eigenvalue weighted by Gasteiger charge is 2.33. The molecule has 3 aromatic rings. The molecule has 1 aromatic carbocycles. The molecule has 0 aliphatic heterocycles. The van der Waals surface area contributed by atoms with E-state index in [1.54, 1.807) is 18.4 Å². The maximum atomic E-state index is 13.2. The van der Waals surface area contributed by atoms with Crippen molar-refractivity contribution in [1.29, 1.82) is 0 Å². The third kappa shape index (κ3) is 5.27. The SMILES string of the molecule is COc1ccc(-c2nnc(SCC(=O)N(Cc3ccsc3)C3CC3)n2C2CCCCC2)cc1. The van der Waals surface area contributed by atoms with Gasteiger partial charge in [-0.2, -0.15) is 11.3 Å². The number of nitrogens with zero attached hydrogens (tertiary/aromatic N) is 4. The van der Waals surface area contributed by atoms with Crippen molar-refractivity contribution in [3.63, 3.8) is 0 Å². The normalized spacial score (nSPS) is 16.6. The molecule has 2 aliphatic rings. The lowest BCUT2D eigenvalue weighted by molar-refractivity contribution is -0.129. The summed E-state index contributed by atoms with van der Waals surface area (Å²) in [6, 6.07) is 10.9. The average Bonchev–Trinajstić information content (AvgIpc) is 3.39. The van der Waals surface area contributed by atoms with Crippen molar-refractivity contribution < 1.29 is 9.53 Å². The van der Waals surface area contributed by atoms with Gasteiger partial charge in [-0.05, 0) is 72.3 Å². The first-order chi connectivity index (χ1) is 16.2. The van der Waals surface area contributed by atoms with E-state index in [9.17, 15) is 4.79 Å². The van der Waals surface area contributed by atoms with Crippen molar-refractivity contribution in [3.05, 3.63) is 46.7 Å². The van der Waals surface area contributed by atoms with Gasteiger partial charge in [0.05, 0.1) is 12.9 Å². The van der Waals surface area contributed by atoms with Gasteiger partial charge in [-0.25, -0.2) is 0 Å². The minimum absolute atomic E-state index is 0.192. The van der Waals surface area contributed by atoms with Crippen LogP contribution in [-0.4, -0.2) is 44.5 Å². The molecule has 0 unspecified atom stereocenters. The van der Waals surface area contributed by atoms with Crippen molar-refractivity contribution in [2.24, 2.45) is 0 Å². The van der Waals surface area contributed by atoms with Gasteiger partial charge in [-0.1, -0.05) is 31.0 Å². The molecule has 2 fully saturated rings. The molecule has 8 heteroatoms. The molecule has 0 spiro atoms. The number of thioether (sulfide) groups is 1. The first-order valence-electron chi connectivity index (χ1n) is 11.8. The van der Waals surface area contributed by atoms with Crippen molar-refractivity contribution >= 4 is 29.0 Å². The van der Waals surface area contributed by atoms with Crippen LogP contribution in [0, 0.1) is 0 Å². The highest BCUT2D eigenvalue weighted by Crippen LogP contribution is 2.36.